The van der Waals surface area contributed by atoms with Crippen molar-refractivity contribution in [2.45, 2.75) is 19.3 Å². The van der Waals surface area contributed by atoms with Crippen LogP contribution < -0.4 is 4.90 Å². The quantitative estimate of drug-likeness (QED) is 0.170. The summed E-state index contributed by atoms with van der Waals surface area (Å²) in [5, 5.41) is 2.50. The predicted molar refractivity (Wildman–Crippen MR) is 224 cm³/mol. The second-order valence-corrected chi connectivity index (χ2v) is 14.6. The van der Waals surface area contributed by atoms with E-state index >= 15 is 0 Å². The van der Waals surface area contributed by atoms with E-state index in [0.29, 0.717) is 0 Å². The van der Waals surface area contributed by atoms with Crippen LogP contribution in [0.2, 0.25) is 0 Å². The summed E-state index contributed by atoms with van der Waals surface area (Å²) < 4.78 is 2.38. The van der Waals surface area contributed by atoms with E-state index in [0.717, 1.165) is 17.1 Å². The number of hydrogen-bond acceptors (Lipinski definition) is 1. The molecule has 0 atom stereocenters. The minimum atomic E-state index is -0.108. The van der Waals surface area contributed by atoms with Gasteiger partial charge in [-0.3, -0.25) is 0 Å². The second-order valence-electron chi connectivity index (χ2n) is 14.6. The molecule has 0 aliphatic heterocycles. The highest BCUT2D eigenvalue weighted by molar-refractivity contribution is 6.10. The third-order valence-electron chi connectivity index (χ3n) is 11.2. The Labute approximate surface area is 310 Å². The first-order valence-corrected chi connectivity index (χ1v) is 18.4. The molecule has 1 aliphatic carbocycles. The van der Waals surface area contributed by atoms with Crippen LogP contribution in [0.4, 0.5) is 17.1 Å². The average Bonchev–Trinajstić information content (AvgIpc) is 3.67. The van der Waals surface area contributed by atoms with Crippen LogP contribution in [-0.4, -0.2) is 4.57 Å². The van der Waals surface area contributed by atoms with Gasteiger partial charge in [0.1, 0.15) is 0 Å². The molecule has 1 heterocycles. The van der Waals surface area contributed by atoms with E-state index in [4.69, 9.17) is 0 Å². The van der Waals surface area contributed by atoms with Gasteiger partial charge in [-0.25, -0.2) is 0 Å². The zero-order chi connectivity index (χ0) is 35.5. The lowest BCUT2D eigenvalue weighted by Gasteiger charge is -2.30. The minimum absolute atomic E-state index is 0.108. The molecular formula is C51H38N2. The molecular weight excluding hydrogens is 641 g/mol. The lowest BCUT2D eigenvalue weighted by molar-refractivity contribution is 0.660. The first-order chi connectivity index (χ1) is 26.1. The number of anilines is 3. The lowest BCUT2D eigenvalue weighted by Crippen LogP contribution is -2.17. The highest BCUT2D eigenvalue weighted by atomic mass is 15.1. The molecule has 1 aliphatic rings. The molecule has 53 heavy (non-hydrogen) atoms. The van der Waals surface area contributed by atoms with Gasteiger partial charge in [-0.05, 0) is 99.6 Å². The number of rotatable bonds is 6. The molecule has 0 saturated heterocycles. The number of hydrogen-bond donors (Lipinski definition) is 0. The molecule has 252 valence electrons. The highest BCUT2D eigenvalue weighted by Gasteiger charge is 2.36. The first kappa shape index (κ1) is 31.1. The van der Waals surface area contributed by atoms with Crippen molar-refractivity contribution in [3.05, 3.63) is 205 Å². The smallest absolute Gasteiger partial charge is 0.0541 e. The number of benzene rings is 8. The molecule has 2 heteroatoms. The predicted octanol–water partition coefficient (Wildman–Crippen LogP) is 13.9. The van der Waals surface area contributed by atoms with Gasteiger partial charge < -0.3 is 9.47 Å². The van der Waals surface area contributed by atoms with Crippen molar-refractivity contribution >= 4 is 38.9 Å². The zero-order valence-corrected chi connectivity index (χ0v) is 29.9. The van der Waals surface area contributed by atoms with Crippen molar-refractivity contribution < 1.29 is 0 Å². The maximum absolute atomic E-state index is 2.45. The molecule has 10 rings (SSSR count). The summed E-state index contributed by atoms with van der Waals surface area (Å²) in [5.74, 6) is 0. The molecule has 0 fully saturated rings. The van der Waals surface area contributed by atoms with Crippen molar-refractivity contribution in [1.29, 1.82) is 0 Å². The van der Waals surface area contributed by atoms with Crippen molar-refractivity contribution in [2.24, 2.45) is 0 Å². The Bertz CT molecular complexity index is 2810. The molecule has 0 bridgehead atoms. The van der Waals surface area contributed by atoms with Gasteiger partial charge >= 0.3 is 0 Å². The first-order valence-electron chi connectivity index (χ1n) is 18.4. The van der Waals surface area contributed by atoms with Gasteiger partial charge in [0.2, 0.25) is 0 Å². The van der Waals surface area contributed by atoms with E-state index < -0.39 is 0 Å². The van der Waals surface area contributed by atoms with Crippen LogP contribution >= 0.6 is 0 Å². The molecule has 9 aromatic rings. The summed E-state index contributed by atoms with van der Waals surface area (Å²) in [7, 11) is 0. The van der Waals surface area contributed by atoms with Crippen molar-refractivity contribution in [1.82, 2.24) is 4.57 Å². The van der Waals surface area contributed by atoms with Gasteiger partial charge in [-0.2, -0.15) is 0 Å². The molecule has 0 spiro atoms. The molecule has 1 aromatic heterocycles. The minimum Gasteiger partial charge on any atom is -0.310 e. The molecule has 0 saturated carbocycles. The number of nitrogens with zero attached hydrogens (tertiary/aromatic N) is 2. The summed E-state index contributed by atoms with van der Waals surface area (Å²) in [6.07, 6.45) is 0. The van der Waals surface area contributed by atoms with Crippen molar-refractivity contribution in [2.75, 3.05) is 4.90 Å². The Hall–Kier alpha value is -6.64. The summed E-state index contributed by atoms with van der Waals surface area (Å²) >= 11 is 0. The maximum atomic E-state index is 2.45. The molecule has 0 N–H and O–H groups in total. The van der Waals surface area contributed by atoms with Crippen LogP contribution in [0.3, 0.4) is 0 Å². The molecule has 2 nitrogen and oxygen atoms in total. The second kappa shape index (κ2) is 12.3. The van der Waals surface area contributed by atoms with E-state index in [1.54, 1.807) is 0 Å². The summed E-state index contributed by atoms with van der Waals surface area (Å²) in [5.41, 5.74) is 17.0. The summed E-state index contributed by atoms with van der Waals surface area (Å²) in [6, 6.07) is 70.8. The number of fused-ring (bicyclic) bond motifs is 6. The van der Waals surface area contributed by atoms with Crippen molar-refractivity contribution in [3.63, 3.8) is 0 Å². The standard InChI is InChI=1S/C51H38N2/c1-51(2)46-25-12-9-23-42(46)43-30-29-40(34-47(43)51)52(48-26-13-10-22-41(48)35-16-5-3-6-17-35)39-21-15-18-36(32-39)37-28-31-50-45(33-37)44-24-11-14-27-49(44)53(50)38-19-7-4-8-20-38/h3-34H,1-2H3. The van der Waals surface area contributed by atoms with Crippen LogP contribution in [0.1, 0.15) is 25.0 Å². The molecule has 0 amide bonds. The van der Waals surface area contributed by atoms with Gasteiger partial charge in [-0.1, -0.05) is 147 Å². The fraction of sp³-hybridized carbons (Fsp3) is 0.0588. The fourth-order valence-corrected chi connectivity index (χ4v) is 8.62. The SMILES string of the molecule is CC1(C)c2ccccc2-c2ccc(N(c3cccc(-c4ccc5c(c4)c4ccccc4n5-c4ccccc4)c3)c3ccccc3-c3ccccc3)cc21. The molecule has 0 radical (unpaired) electrons. The van der Waals surface area contributed by atoms with Crippen LogP contribution in [0.25, 0.3) is 60.9 Å². The topological polar surface area (TPSA) is 8.17 Å². The average molecular weight is 679 g/mol. The van der Waals surface area contributed by atoms with E-state index in [-0.39, 0.29) is 5.41 Å². The fourth-order valence-electron chi connectivity index (χ4n) is 8.62. The Morgan fingerprint density at radius 2 is 1.02 bits per heavy atom. The molecule has 0 unspecified atom stereocenters. The zero-order valence-electron chi connectivity index (χ0n) is 29.9. The monoisotopic (exact) mass is 678 g/mol. The Morgan fingerprint density at radius 3 is 1.87 bits per heavy atom. The number of aromatic nitrogens is 1. The number of para-hydroxylation sites is 3. The van der Waals surface area contributed by atoms with Crippen molar-refractivity contribution in [3.8, 4) is 39.1 Å². The Balaban J connectivity index is 1.16. The summed E-state index contributed by atoms with van der Waals surface area (Å²) in [6.45, 7) is 4.71. The van der Waals surface area contributed by atoms with E-state index in [1.165, 1.54) is 72.0 Å². The normalized spacial score (nSPS) is 12.9. The van der Waals surface area contributed by atoms with Crippen LogP contribution in [0.15, 0.2) is 194 Å². The van der Waals surface area contributed by atoms with Gasteiger partial charge in [0, 0.05) is 38.8 Å². The van der Waals surface area contributed by atoms with Crippen LogP contribution in [0, 0.1) is 0 Å². The van der Waals surface area contributed by atoms with E-state index in [9.17, 15) is 0 Å². The largest absolute Gasteiger partial charge is 0.310 e. The van der Waals surface area contributed by atoms with Crippen LogP contribution in [-0.2, 0) is 5.41 Å². The van der Waals surface area contributed by atoms with E-state index in [1.807, 2.05) is 0 Å². The maximum Gasteiger partial charge on any atom is 0.0541 e. The van der Waals surface area contributed by atoms with Gasteiger partial charge in [-0.15, -0.1) is 0 Å². The Kier molecular flexibility index (Phi) is 7.19. The highest BCUT2D eigenvalue weighted by Crippen LogP contribution is 2.51. The van der Waals surface area contributed by atoms with E-state index in [2.05, 4.69) is 217 Å². The van der Waals surface area contributed by atoms with Crippen LogP contribution in [0.5, 0.6) is 0 Å². The van der Waals surface area contributed by atoms with Gasteiger partial charge in [0.15, 0.2) is 0 Å². The Morgan fingerprint density at radius 1 is 0.396 bits per heavy atom. The third kappa shape index (κ3) is 5.02. The van der Waals surface area contributed by atoms with Gasteiger partial charge in [0.05, 0.1) is 16.7 Å². The lowest BCUT2D eigenvalue weighted by atomic mass is 9.82. The molecule has 8 aromatic carbocycles. The van der Waals surface area contributed by atoms with Gasteiger partial charge in [0.25, 0.3) is 0 Å². The third-order valence-corrected chi connectivity index (χ3v) is 11.2. The summed E-state index contributed by atoms with van der Waals surface area (Å²) in [4.78, 5) is 2.45.